The van der Waals surface area contributed by atoms with Crippen molar-refractivity contribution < 1.29 is 4.74 Å². The molecule has 0 aromatic carbocycles. The number of ether oxygens (including phenoxy) is 1. The Morgan fingerprint density at radius 1 is 1.38 bits per heavy atom. The summed E-state index contributed by atoms with van der Waals surface area (Å²) in [6, 6.07) is 0. The Bertz CT molecular complexity index is 123. The lowest BCUT2D eigenvalue weighted by Crippen LogP contribution is -2.29. The zero-order valence-corrected chi connectivity index (χ0v) is 9.01. The Hall–Kier alpha value is -0.0800. The van der Waals surface area contributed by atoms with Gasteiger partial charge in [0.1, 0.15) is 0 Å². The summed E-state index contributed by atoms with van der Waals surface area (Å²) < 4.78 is 5.80. The summed E-state index contributed by atoms with van der Waals surface area (Å²) in [5.74, 6) is 0.889. The van der Waals surface area contributed by atoms with Crippen molar-refractivity contribution in [1.29, 1.82) is 0 Å². The van der Waals surface area contributed by atoms with E-state index in [-0.39, 0.29) is 0 Å². The van der Waals surface area contributed by atoms with Gasteiger partial charge in [0.15, 0.2) is 0 Å². The second-order valence-electron chi connectivity index (χ2n) is 4.01. The first-order valence-electron chi connectivity index (χ1n) is 5.69. The minimum atomic E-state index is 0.437. The van der Waals surface area contributed by atoms with E-state index < -0.39 is 0 Å². The molecule has 0 bridgehead atoms. The van der Waals surface area contributed by atoms with Crippen LogP contribution < -0.4 is 5.32 Å². The molecule has 2 nitrogen and oxygen atoms in total. The summed E-state index contributed by atoms with van der Waals surface area (Å²) in [4.78, 5) is 0. The zero-order chi connectivity index (χ0) is 9.52. The molecule has 1 rings (SSSR count). The summed E-state index contributed by atoms with van der Waals surface area (Å²) in [5, 5.41) is 3.41. The second kappa shape index (κ2) is 6.39. The van der Waals surface area contributed by atoms with Gasteiger partial charge >= 0.3 is 0 Å². The van der Waals surface area contributed by atoms with Gasteiger partial charge in [0.05, 0.1) is 6.10 Å². The van der Waals surface area contributed by atoms with Crippen molar-refractivity contribution in [2.45, 2.75) is 45.6 Å². The van der Waals surface area contributed by atoms with E-state index in [0.29, 0.717) is 6.10 Å². The molecule has 78 valence electrons. The maximum Gasteiger partial charge on any atom is 0.0696 e. The molecule has 1 unspecified atom stereocenters. The highest BCUT2D eigenvalue weighted by Gasteiger charge is 2.22. The molecule has 1 atom stereocenters. The first-order valence-corrected chi connectivity index (χ1v) is 5.69. The highest BCUT2D eigenvalue weighted by atomic mass is 16.5. The normalized spacial score (nSPS) is 18.9. The van der Waals surface area contributed by atoms with Gasteiger partial charge in [-0.05, 0) is 38.1 Å². The quantitative estimate of drug-likeness (QED) is 0.585. The Kier molecular flexibility index (Phi) is 5.40. The second-order valence-corrected chi connectivity index (χ2v) is 4.01. The topological polar surface area (TPSA) is 21.3 Å². The summed E-state index contributed by atoms with van der Waals surface area (Å²) in [6.45, 7) is 7.52. The number of hydrogen-bond acceptors (Lipinski definition) is 2. The minimum absolute atomic E-state index is 0.437. The lowest BCUT2D eigenvalue weighted by molar-refractivity contribution is 0.0438. The molecule has 0 heterocycles. The molecule has 1 N–H and O–H groups in total. The van der Waals surface area contributed by atoms with Crippen molar-refractivity contribution >= 4 is 0 Å². The molecule has 0 radical (unpaired) electrons. The number of hydrogen-bond donors (Lipinski definition) is 1. The monoisotopic (exact) mass is 185 g/mol. The fourth-order valence-corrected chi connectivity index (χ4v) is 1.32. The molecular weight excluding hydrogens is 162 g/mol. The molecule has 0 spiro atoms. The van der Waals surface area contributed by atoms with Gasteiger partial charge in [0.2, 0.25) is 0 Å². The molecule has 0 aromatic rings. The van der Waals surface area contributed by atoms with Crippen molar-refractivity contribution in [3.8, 4) is 0 Å². The van der Waals surface area contributed by atoms with Crippen molar-refractivity contribution in [3.05, 3.63) is 0 Å². The van der Waals surface area contributed by atoms with Gasteiger partial charge in [-0.1, -0.05) is 13.8 Å². The highest BCUT2D eigenvalue weighted by Crippen LogP contribution is 2.29. The molecule has 0 aliphatic heterocycles. The molecule has 1 saturated carbocycles. The molecule has 1 aliphatic carbocycles. The van der Waals surface area contributed by atoms with Crippen LogP contribution in [0.15, 0.2) is 0 Å². The van der Waals surface area contributed by atoms with Crippen molar-refractivity contribution in [3.63, 3.8) is 0 Å². The van der Waals surface area contributed by atoms with E-state index in [4.69, 9.17) is 4.74 Å². The van der Waals surface area contributed by atoms with Crippen LogP contribution in [0, 0.1) is 5.92 Å². The highest BCUT2D eigenvalue weighted by molar-refractivity contribution is 4.73. The predicted molar refractivity (Wildman–Crippen MR) is 55.9 cm³/mol. The van der Waals surface area contributed by atoms with Gasteiger partial charge in [-0.3, -0.25) is 0 Å². The van der Waals surface area contributed by atoms with Crippen molar-refractivity contribution in [1.82, 2.24) is 5.32 Å². The van der Waals surface area contributed by atoms with E-state index in [1.165, 1.54) is 19.3 Å². The van der Waals surface area contributed by atoms with Gasteiger partial charge in [-0.2, -0.15) is 0 Å². The third kappa shape index (κ3) is 5.27. The van der Waals surface area contributed by atoms with Gasteiger partial charge in [-0.25, -0.2) is 0 Å². The average molecular weight is 185 g/mol. The fraction of sp³-hybridized carbons (Fsp3) is 1.00. The van der Waals surface area contributed by atoms with Crippen LogP contribution in [0.3, 0.4) is 0 Å². The van der Waals surface area contributed by atoms with Gasteiger partial charge in [0, 0.05) is 13.2 Å². The molecule has 1 aliphatic rings. The van der Waals surface area contributed by atoms with Gasteiger partial charge < -0.3 is 10.1 Å². The first kappa shape index (κ1) is 11.0. The van der Waals surface area contributed by atoms with E-state index in [9.17, 15) is 0 Å². The number of rotatable bonds is 8. The van der Waals surface area contributed by atoms with E-state index in [2.05, 4.69) is 19.2 Å². The Balaban J connectivity index is 1.95. The lowest BCUT2D eigenvalue weighted by Gasteiger charge is -2.16. The van der Waals surface area contributed by atoms with Crippen LogP contribution in [0.1, 0.15) is 39.5 Å². The van der Waals surface area contributed by atoms with E-state index in [1.54, 1.807) is 0 Å². The number of nitrogens with one attached hydrogen (secondary N) is 1. The largest absolute Gasteiger partial charge is 0.377 e. The zero-order valence-electron chi connectivity index (χ0n) is 9.01. The molecule has 13 heavy (non-hydrogen) atoms. The van der Waals surface area contributed by atoms with E-state index >= 15 is 0 Å². The van der Waals surface area contributed by atoms with Crippen LogP contribution >= 0.6 is 0 Å². The van der Waals surface area contributed by atoms with Crippen molar-refractivity contribution in [2.24, 2.45) is 5.92 Å². The van der Waals surface area contributed by atoms with Crippen LogP contribution in [0.4, 0.5) is 0 Å². The predicted octanol–water partition coefficient (Wildman–Crippen LogP) is 2.19. The average Bonchev–Trinajstić information content (AvgIpc) is 2.94. The summed E-state index contributed by atoms with van der Waals surface area (Å²) in [5.41, 5.74) is 0. The van der Waals surface area contributed by atoms with E-state index in [1.807, 2.05) is 0 Å². The van der Waals surface area contributed by atoms with Crippen LogP contribution in [0.25, 0.3) is 0 Å². The van der Waals surface area contributed by atoms with Gasteiger partial charge in [0.25, 0.3) is 0 Å². The lowest BCUT2D eigenvalue weighted by atomic mass is 10.2. The maximum absolute atomic E-state index is 5.80. The smallest absolute Gasteiger partial charge is 0.0696 e. The molecule has 0 aromatic heterocycles. The fourth-order valence-electron chi connectivity index (χ4n) is 1.32. The molecule has 1 fully saturated rings. The van der Waals surface area contributed by atoms with Crippen LogP contribution in [0.5, 0.6) is 0 Å². The molecule has 0 saturated heterocycles. The summed E-state index contributed by atoms with van der Waals surface area (Å²) >= 11 is 0. The van der Waals surface area contributed by atoms with Crippen LogP contribution in [0.2, 0.25) is 0 Å². The summed E-state index contributed by atoms with van der Waals surface area (Å²) in [7, 11) is 0. The Labute approximate surface area is 82.0 Å². The SMILES string of the molecule is CCCNCC(CC)OCC1CC1. The third-order valence-electron chi connectivity index (χ3n) is 2.52. The van der Waals surface area contributed by atoms with Crippen LogP contribution in [-0.4, -0.2) is 25.8 Å². The summed E-state index contributed by atoms with van der Waals surface area (Å²) in [6.07, 6.45) is 5.55. The molecule has 2 heteroatoms. The van der Waals surface area contributed by atoms with Gasteiger partial charge in [-0.15, -0.1) is 0 Å². The third-order valence-corrected chi connectivity index (χ3v) is 2.52. The van der Waals surface area contributed by atoms with E-state index in [0.717, 1.165) is 32.0 Å². The Morgan fingerprint density at radius 2 is 2.15 bits per heavy atom. The standard InChI is InChI=1S/C11H23NO/c1-3-7-12-8-11(4-2)13-9-10-5-6-10/h10-12H,3-9H2,1-2H3. The minimum Gasteiger partial charge on any atom is -0.377 e. The van der Waals surface area contributed by atoms with Crippen molar-refractivity contribution in [2.75, 3.05) is 19.7 Å². The Morgan fingerprint density at radius 3 is 2.69 bits per heavy atom. The molecular formula is C11H23NO. The maximum atomic E-state index is 5.80. The molecule has 0 amide bonds. The van der Waals surface area contributed by atoms with Crippen LogP contribution in [-0.2, 0) is 4.74 Å². The first-order chi connectivity index (χ1) is 6.36.